The number of benzene rings is 1. The van der Waals surface area contributed by atoms with E-state index in [9.17, 15) is 0 Å². The van der Waals surface area contributed by atoms with Crippen molar-refractivity contribution < 1.29 is 4.74 Å². The van der Waals surface area contributed by atoms with Crippen molar-refractivity contribution in [2.24, 2.45) is 0 Å². The molecule has 1 aromatic carbocycles. The summed E-state index contributed by atoms with van der Waals surface area (Å²) < 4.78 is 6.36. The Hall–Kier alpha value is -1.14. The van der Waals surface area contributed by atoms with E-state index in [1.807, 2.05) is 12.1 Å². The Morgan fingerprint density at radius 3 is 2.82 bits per heavy atom. The predicted molar refractivity (Wildman–Crippen MR) is 72.4 cm³/mol. The molecule has 0 aliphatic heterocycles. The molecule has 0 saturated heterocycles. The number of hydrogen-bond donors (Lipinski definition) is 1. The number of nitrogens with zero attached hydrogens (tertiary/aromatic N) is 2. The van der Waals surface area contributed by atoms with Crippen molar-refractivity contribution in [2.45, 2.75) is 12.8 Å². The van der Waals surface area contributed by atoms with Crippen LogP contribution in [-0.4, -0.2) is 17.3 Å². The van der Waals surface area contributed by atoms with Gasteiger partial charge in [-0.1, -0.05) is 27.3 Å². The first-order valence-corrected chi connectivity index (χ1v) is 6.70. The Labute approximate surface area is 112 Å². The zero-order chi connectivity index (χ0) is 12.3. The van der Waals surface area contributed by atoms with Gasteiger partial charge in [-0.2, -0.15) is 0 Å². The van der Waals surface area contributed by atoms with E-state index < -0.39 is 0 Å². The molecule has 0 atom stereocenters. The van der Waals surface area contributed by atoms with E-state index in [1.54, 1.807) is 7.11 Å². The average Bonchev–Trinajstić information content (AvgIpc) is 2.73. The normalized spacial score (nSPS) is 10.5. The van der Waals surface area contributed by atoms with E-state index >= 15 is 0 Å². The van der Waals surface area contributed by atoms with Crippen molar-refractivity contribution >= 4 is 32.4 Å². The number of anilines is 1. The van der Waals surface area contributed by atoms with Crippen LogP contribution in [0.2, 0.25) is 0 Å². The van der Waals surface area contributed by atoms with Gasteiger partial charge in [0, 0.05) is 10.9 Å². The third-order valence-electron chi connectivity index (χ3n) is 2.33. The Morgan fingerprint density at radius 2 is 2.18 bits per heavy atom. The molecule has 0 unspecified atom stereocenters. The lowest BCUT2D eigenvalue weighted by Gasteiger charge is -2.07. The summed E-state index contributed by atoms with van der Waals surface area (Å²) in [5.74, 6) is 0.894. The van der Waals surface area contributed by atoms with Crippen LogP contribution in [0.5, 0.6) is 5.75 Å². The average molecular weight is 314 g/mol. The SMILES string of the molecule is COc1ccc(Br)cc1CCc1nnc(N)s1. The molecular weight excluding hydrogens is 302 g/mol. The first-order chi connectivity index (χ1) is 8.19. The molecule has 2 aromatic rings. The minimum Gasteiger partial charge on any atom is -0.496 e. The van der Waals surface area contributed by atoms with Crippen molar-refractivity contribution in [2.75, 3.05) is 12.8 Å². The molecule has 90 valence electrons. The Balaban J connectivity index is 2.10. The third kappa shape index (κ3) is 3.17. The van der Waals surface area contributed by atoms with Crippen LogP contribution < -0.4 is 10.5 Å². The van der Waals surface area contributed by atoms with Crippen molar-refractivity contribution in [3.05, 3.63) is 33.2 Å². The summed E-state index contributed by atoms with van der Waals surface area (Å²) in [5, 5.41) is 9.26. The smallest absolute Gasteiger partial charge is 0.203 e. The molecule has 6 heteroatoms. The molecule has 0 fully saturated rings. The van der Waals surface area contributed by atoms with E-state index in [2.05, 4.69) is 32.2 Å². The van der Waals surface area contributed by atoms with Gasteiger partial charge in [0.25, 0.3) is 0 Å². The molecule has 0 bridgehead atoms. The van der Waals surface area contributed by atoms with Crippen LogP contribution in [0.4, 0.5) is 5.13 Å². The van der Waals surface area contributed by atoms with Crippen LogP contribution in [-0.2, 0) is 12.8 Å². The second-order valence-electron chi connectivity index (χ2n) is 3.49. The largest absolute Gasteiger partial charge is 0.496 e. The van der Waals surface area contributed by atoms with Gasteiger partial charge in [-0.15, -0.1) is 10.2 Å². The van der Waals surface area contributed by atoms with E-state index in [4.69, 9.17) is 10.5 Å². The Morgan fingerprint density at radius 1 is 1.35 bits per heavy atom. The first-order valence-electron chi connectivity index (χ1n) is 5.09. The zero-order valence-electron chi connectivity index (χ0n) is 9.31. The topological polar surface area (TPSA) is 61.0 Å². The highest BCUT2D eigenvalue weighted by Crippen LogP contribution is 2.25. The fourth-order valence-electron chi connectivity index (χ4n) is 1.55. The van der Waals surface area contributed by atoms with Crippen LogP contribution in [0.25, 0.3) is 0 Å². The highest BCUT2D eigenvalue weighted by atomic mass is 79.9. The second-order valence-corrected chi connectivity index (χ2v) is 5.50. The number of halogens is 1. The van der Waals surface area contributed by atoms with E-state index in [1.165, 1.54) is 11.3 Å². The lowest BCUT2D eigenvalue weighted by atomic mass is 10.1. The molecule has 2 rings (SSSR count). The summed E-state index contributed by atoms with van der Waals surface area (Å²) in [6.45, 7) is 0. The van der Waals surface area contributed by atoms with Crippen molar-refractivity contribution in [3.8, 4) is 5.75 Å². The van der Waals surface area contributed by atoms with Gasteiger partial charge in [0.05, 0.1) is 7.11 Å². The number of rotatable bonds is 4. The summed E-state index contributed by atoms with van der Waals surface area (Å²) in [6.07, 6.45) is 1.68. The summed E-state index contributed by atoms with van der Waals surface area (Å²) in [5.41, 5.74) is 6.69. The molecule has 1 aromatic heterocycles. The van der Waals surface area contributed by atoms with Crippen LogP contribution in [0.15, 0.2) is 22.7 Å². The molecule has 0 aliphatic carbocycles. The van der Waals surface area contributed by atoms with Crippen molar-refractivity contribution in [1.29, 1.82) is 0 Å². The molecule has 0 radical (unpaired) electrons. The molecule has 17 heavy (non-hydrogen) atoms. The molecule has 0 spiro atoms. The fraction of sp³-hybridized carbons (Fsp3) is 0.273. The zero-order valence-corrected chi connectivity index (χ0v) is 11.7. The van der Waals surface area contributed by atoms with E-state index in [-0.39, 0.29) is 0 Å². The number of hydrogen-bond acceptors (Lipinski definition) is 5. The van der Waals surface area contributed by atoms with Gasteiger partial charge in [0.15, 0.2) is 0 Å². The first kappa shape index (κ1) is 12.3. The van der Waals surface area contributed by atoms with Gasteiger partial charge < -0.3 is 10.5 Å². The van der Waals surface area contributed by atoms with Gasteiger partial charge in [-0.3, -0.25) is 0 Å². The van der Waals surface area contributed by atoms with Gasteiger partial charge in [0.1, 0.15) is 10.8 Å². The standard InChI is InChI=1S/C11H12BrN3OS/c1-16-9-4-3-8(12)6-7(9)2-5-10-14-15-11(13)17-10/h3-4,6H,2,5H2,1H3,(H2,13,15). The van der Waals surface area contributed by atoms with Crippen LogP contribution in [0.3, 0.4) is 0 Å². The van der Waals surface area contributed by atoms with Crippen molar-refractivity contribution in [1.82, 2.24) is 10.2 Å². The molecule has 0 aliphatic rings. The lowest BCUT2D eigenvalue weighted by Crippen LogP contribution is -1.95. The lowest BCUT2D eigenvalue weighted by molar-refractivity contribution is 0.409. The highest BCUT2D eigenvalue weighted by molar-refractivity contribution is 9.10. The van der Waals surface area contributed by atoms with Crippen LogP contribution in [0.1, 0.15) is 10.6 Å². The van der Waals surface area contributed by atoms with Crippen molar-refractivity contribution in [3.63, 3.8) is 0 Å². The number of aryl methyl sites for hydroxylation is 2. The van der Waals surface area contributed by atoms with Crippen LogP contribution in [0, 0.1) is 0 Å². The van der Waals surface area contributed by atoms with E-state index in [0.29, 0.717) is 5.13 Å². The maximum atomic E-state index is 5.54. The Bertz CT molecular complexity index is 515. The van der Waals surface area contributed by atoms with Crippen LogP contribution >= 0.6 is 27.3 Å². The maximum Gasteiger partial charge on any atom is 0.203 e. The molecule has 0 saturated carbocycles. The summed E-state index contributed by atoms with van der Waals surface area (Å²) in [7, 11) is 1.68. The van der Waals surface area contributed by atoms with Gasteiger partial charge >= 0.3 is 0 Å². The molecule has 0 amide bonds. The molecule has 2 N–H and O–H groups in total. The summed E-state index contributed by atoms with van der Waals surface area (Å²) in [4.78, 5) is 0. The van der Waals surface area contributed by atoms with Gasteiger partial charge in [-0.05, 0) is 30.2 Å². The number of nitrogens with two attached hydrogens (primary N) is 1. The third-order valence-corrected chi connectivity index (χ3v) is 3.64. The second kappa shape index (κ2) is 5.46. The summed E-state index contributed by atoms with van der Waals surface area (Å²) in [6, 6.07) is 5.97. The minimum atomic E-state index is 0.515. The predicted octanol–water partition coefficient (Wildman–Crippen LogP) is 2.68. The molecule has 1 heterocycles. The molecule has 4 nitrogen and oxygen atoms in total. The fourth-order valence-corrected chi connectivity index (χ4v) is 2.57. The Kier molecular flexibility index (Phi) is 3.96. The quantitative estimate of drug-likeness (QED) is 0.942. The van der Waals surface area contributed by atoms with Gasteiger partial charge in [-0.25, -0.2) is 0 Å². The number of methoxy groups -OCH3 is 1. The molecular formula is C11H12BrN3OS. The minimum absolute atomic E-state index is 0.515. The highest BCUT2D eigenvalue weighted by Gasteiger charge is 2.06. The summed E-state index contributed by atoms with van der Waals surface area (Å²) >= 11 is 4.88. The number of aromatic nitrogens is 2. The van der Waals surface area contributed by atoms with E-state index in [0.717, 1.165) is 33.6 Å². The number of nitrogen functional groups attached to an aromatic ring is 1. The van der Waals surface area contributed by atoms with Gasteiger partial charge in [0.2, 0.25) is 5.13 Å². The monoisotopic (exact) mass is 313 g/mol. The maximum absolute atomic E-state index is 5.54. The number of ether oxygens (including phenoxy) is 1.